The predicted octanol–water partition coefficient (Wildman–Crippen LogP) is 3.76. The highest BCUT2D eigenvalue weighted by atomic mass is 32.2. The molecule has 1 aliphatic carbocycles. The van der Waals surface area contributed by atoms with Gasteiger partial charge in [0.25, 0.3) is 0 Å². The zero-order valence-corrected chi connectivity index (χ0v) is 18.7. The van der Waals surface area contributed by atoms with Crippen molar-refractivity contribution in [3.8, 4) is 0 Å². The van der Waals surface area contributed by atoms with Crippen LogP contribution in [0.4, 0.5) is 5.69 Å². The van der Waals surface area contributed by atoms with Crippen LogP contribution in [0.5, 0.6) is 0 Å². The van der Waals surface area contributed by atoms with Crippen LogP contribution in [-0.4, -0.2) is 40.6 Å². The van der Waals surface area contributed by atoms with Crippen molar-refractivity contribution in [1.82, 2.24) is 0 Å². The minimum Gasteiger partial charge on any atom is -0.399 e. The van der Waals surface area contributed by atoms with Gasteiger partial charge in [-0.05, 0) is 65.0 Å². The summed E-state index contributed by atoms with van der Waals surface area (Å²) in [5.74, 6) is 0.658. The van der Waals surface area contributed by atoms with Crippen LogP contribution in [-0.2, 0) is 19.2 Å². The summed E-state index contributed by atoms with van der Waals surface area (Å²) < 4.78 is 25.7. The maximum Gasteiger partial charge on any atom is 0.497 e. The lowest BCUT2D eigenvalue weighted by atomic mass is 9.77. The Morgan fingerprint density at radius 3 is 2.26 bits per heavy atom. The summed E-state index contributed by atoms with van der Waals surface area (Å²) in [5, 5.41) is 3.73. The van der Waals surface area contributed by atoms with Crippen LogP contribution >= 0.6 is 0 Å². The van der Waals surface area contributed by atoms with Gasteiger partial charge in [0.1, 0.15) is 0 Å². The summed E-state index contributed by atoms with van der Waals surface area (Å²) in [6, 6.07) is 6.64. The molecule has 1 N–H and O–H groups in total. The number of anilines is 1. The number of nitrogens with one attached hydrogen (secondary N) is 1. The fourth-order valence-electron chi connectivity index (χ4n) is 3.79. The molecule has 0 spiro atoms. The molecule has 1 aliphatic heterocycles. The van der Waals surface area contributed by atoms with E-state index in [1.54, 1.807) is 0 Å². The Morgan fingerprint density at radius 2 is 1.70 bits per heavy atom. The van der Waals surface area contributed by atoms with E-state index in [1.165, 1.54) is 32.1 Å². The van der Waals surface area contributed by atoms with Gasteiger partial charge in [-0.25, -0.2) is 0 Å². The molecule has 1 heterocycles. The van der Waals surface area contributed by atoms with E-state index in [0.717, 1.165) is 16.0 Å². The molecular formula is C21H36BNO3S. The Labute approximate surface area is 166 Å². The first kappa shape index (κ1) is 20.9. The van der Waals surface area contributed by atoms with E-state index in [-0.39, 0.29) is 0 Å². The standard InChI is InChI=1S/C21H36BNO3S/c1-7-27(6,24)17-13-14-19(23-16-11-9-8-10-12-16)18(15-17)22-25-20(2,3)21(4,5)26-22/h13-16,23,27H,7-12H2,1-6H3. The lowest BCUT2D eigenvalue weighted by Gasteiger charge is -2.32. The van der Waals surface area contributed by atoms with E-state index < -0.39 is 28.3 Å². The zero-order valence-electron chi connectivity index (χ0n) is 17.8. The van der Waals surface area contributed by atoms with E-state index in [1.807, 2.05) is 19.2 Å². The molecular weight excluding hydrogens is 357 g/mol. The summed E-state index contributed by atoms with van der Waals surface area (Å²) >= 11 is 0. The number of rotatable bonds is 5. The minimum atomic E-state index is -2.36. The highest BCUT2D eigenvalue weighted by Gasteiger charge is 2.52. The second-order valence-corrected chi connectivity index (χ2v) is 12.6. The molecule has 1 aromatic rings. The average Bonchev–Trinajstić information content (AvgIpc) is 2.83. The Hall–Kier alpha value is -0.845. The quantitative estimate of drug-likeness (QED) is 0.591. The van der Waals surface area contributed by atoms with Crippen molar-refractivity contribution in [2.75, 3.05) is 17.3 Å². The lowest BCUT2D eigenvalue weighted by Crippen LogP contribution is -2.41. The number of thiol groups is 1. The van der Waals surface area contributed by atoms with Gasteiger partial charge < -0.3 is 14.6 Å². The fourth-order valence-corrected chi connectivity index (χ4v) is 4.96. The number of hydrogen-bond acceptors (Lipinski definition) is 4. The van der Waals surface area contributed by atoms with Gasteiger partial charge in [-0.15, -0.1) is 0 Å². The first-order valence-corrected chi connectivity index (χ1v) is 12.7. The molecule has 1 saturated heterocycles. The summed E-state index contributed by atoms with van der Waals surface area (Å²) in [6.07, 6.45) is 8.15. The van der Waals surface area contributed by atoms with Gasteiger partial charge in [0, 0.05) is 27.8 Å². The molecule has 6 heteroatoms. The van der Waals surface area contributed by atoms with Gasteiger partial charge >= 0.3 is 7.12 Å². The molecule has 0 bridgehead atoms. The van der Waals surface area contributed by atoms with Crippen molar-refractivity contribution in [2.45, 2.75) is 88.9 Å². The molecule has 1 aromatic carbocycles. The maximum absolute atomic E-state index is 13.0. The SMILES string of the molecule is CC[SH](C)(=O)c1ccc(NC2CCCCC2)c(B2OC(C)(C)C(C)(C)O2)c1. The third-order valence-electron chi connectivity index (χ3n) is 6.66. The molecule has 0 atom stereocenters. The molecule has 4 nitrogen and oxygen atoms in total. The summed E-state index contributed by atoms with van der Waals surface area (Å²) in [6.45, 7) is 10.3. The average molecular weight is 393 g/mol. The van der Waals surface area contributed by atoms with E-state index in [9.17, 15) is 4.21 Å². The Morgan fingerprint density at radius 1 is 1.11 bits per heavy atom. The van der Waals surface area contributed by atoms with Crippen LogP contribution < -0.4 is 10.8 Å². The van der Waals surface area contributed by atoms with Gasteiger partial charge in [-0.2, -0.15) is 0 Å². The normalized spacial score (nSPS) is 23.4. The van der Waals surface area contributed by atoms with Crippen LogP contribution in [0.15, 0.2) is 23.1 Å². The monoisotopic (exact) mass is 393 g/mol. The highest BCUT2D eigenvalue weighted by molar-refractivity contribution is 8.02. The molecule has 0 aromatic heterocycles. The first-order chi connectivity index (χ1) is 12.6. The molecule has 0 amide bonds. The third kappa shape index (κ3) is 4.28. The first-order valence-electron chi connectivity index (χ1n) is 10.4. The summed E-state index contributed by atoms with van der Waals surface area (Å²) in [7, 11) is -2.81. The zero-order chi connectivity index (χ0) is 19.9. The molecule has 3 rings (SSSR count). The second-order valence-electron chi connectivity index (χ2n) is 9.26. The van der Waals surface area contributed by atoms with Crippen LogP contribution in [0.2, 0.25) is 0 Å². The van der Waals surface area contributed by atoms with Crippen molar-refractivity contribution in [3.63, 3.8) is 0 Å². The lowest BCUT2D eigenvalue weighted by molar-refractivity contribution is 0.00578. The van der Waals surface area contributed by atoms with Crippen molar-refractivity contribution in [1.29, 1.82) is 0 Å². The summed E-state index contributed by atoms with van der Waals surface area (Å²) in [4.78, 5) is 0.906. The Kier molecular flexibility index (Phi) is 5.82. The molecule has 2 fully saturated rings. The van der Waals surface area contributed by atoms with Crippen LogP contribution in [0.1, 0.15) is 66.7 Å². The van der Waals surface area contributed by atoms with E-state index in [4.69, 9.17) is 9.31 Å². The van der Waals surface area contributed by atoms with Gasteiger partial charge in [-0.1, -0.05) is 36.1 Å². The largest absolute Gasteiger partial charge is 0.497 e. The van der Waals surface area contributed by atoms with Crippen molar-refractivity contribution < 1.29 is 13.5 Å². The van der Waals surface area contributed by atoms with Crippen LogP contribution in [0.25, 0.3) is 0 Å². The smallest absolute Gasteiger partial charge is 0.399 e. The van der Waals surface area contributed by atoms with Gasteiger partial charge in [0.15, 0.2) is 0 Å². The van der Waals surface area contributed by atoms with Crippen molar-refractivity contribution in [3.05, 3.63) is 18.2 Å². The van der Waals surface area contributed by atoms with Crippen LogP contribution in [0, 0.1) is 0 Å². The molecule has 27 heavy (non-hydrogen) atoms. The topological polar surface area (TPSA) is 47.6 Å². The predicted molar refractivity (Wildman–Crippen MR) is 117 cm³/mol. The Balaban J connectivity index is 1.97. The molecule has 0 radical (unpaired) electrons. The van der Waals surface area contributed by atoms with Crippen molar-refractivity contribution in [2.24, 2.45) is 0 Å². The van der Waals surface area contributed by atoms with E-state index in [2.05, 4.69) is 45.1 Å². The number of benzene rings is 1. The van der Waals surface area contributed by atoms with Crippen molar-refractivity contribution >= 4 is 28.2 Å². The van der Waals surface area contributed by atoms with E-state index in [0.29, 0.717) is 11.8 Å². The summed E-state index contributed by atoms with van der Waals surface area (Å²) in [5.41, 5.74) is 1.25. The highest BCUT2D eigenvalue weighted by Crippen LogP contribution is 2.37. The molecule has 1 saturated carbocycles. The molecule has 0 unspecified atom stereocenters. The fraction of sp³-hybridized carbons (Fsp3) is 0.714. The Bertz CT molecular complexity index is 712. The van der Waals surface area contributed by atoms with Gasteiger partial charge in [0.05, 0.1) is 11.2 Å². The number of hydrogen-bond donors (Lipinski definition) is 2. The third-order valence-corrected chi connectivity index (χ3v) is 9.23. The maximum atomic E-state index is 13.0. The van der Waals surface area contributed by atoms with Crippen LogP contribution in [0.3, 0.4) is 0 Å². The minimum absolute atomic E-state index is 0.392. The van der Waals surface area contributed by atoms with Gasteiger partial charge in [-0.3, -0.25) is 4.21 Å². The molecule has 2 aliphatic rings. The van der Waals surface area contributed by atoms with E-state index >= 15 is 0 Å². The molecule has 152 valence electrons. The second kappa shape index (κ2) is 7.53. The van der Waals surface area contributed by atoms with Gasteiger partial charge in [0.2, 0.25) is 0 Å².